The van der Waals surface area contributed by atoms with Gasteiger partial charge >= 0.3 is 0 Å². The summed E-state index contributed by atoms with van der Waals surface area (Å²) in [6, 6.07) is 15.5. The van der Waals surface area contributed by atoms with E-state index in [0.29, 0.717) is 23.0 Å². The van der Waals surface area contributed by atoms with Crippen molar-refractivity contribution in [1.29, 1.82) is 0 Å². The number of aromatic nitrogens is 7. The molecule has 0 saturated heterocycles. The zero-order chi connectivity index (χ0) is 23.7. The molecule has 0 atom stereocenters. The molecule has 5 aromatic rings. The molecule has 0 aliphatic rings. The van der Waals surface area contributed by atoms with Gasteiger partial charge in [0.05, 0.1) is 5.69 Å². The Bertz CT molecular complexity index is 1480. The lowest BCUT2D eigenvalue weighted by atomic mass is 10.1. The quantitative estimate of drug-likeness (QED) is 0.404. The van der Waals surface area contributed by atoms with Crippen molar-refractivity contribution in [3.05, 3.63) is 72.9 Å². The Morgan fingerprint density at radius 2 is 1.97 bits per heavy atom. The van der Waals surface area contributed by atoms with E-state index in [-0.39, 0.29) is 11.9 Å². The first-order valence-electron chi connectivity index (χ1n) is 11.1. The molecule has 0 radical (unpaired) electrons. The normalized spacial score (nSPS) is 11.3. The molecule has 0 spiro atoms. The first-order valence-corrected chi connectivity index (χ1v) is 11.1. The molecule has 1 amide bonds. The van der Waals surface area contributed by atoms with Crippen molar-refractivity contribution in [2.45, 2.75) is 33.4 Å². The van der Waals surface area contributed by atoms with Crippen molar-refractivity contribution in [3.8, 4) is 22.8 Å². The van der Waals surface area contributed by atoms with Crippen LogP contribution in [-0.2, 0) is 6.54 Å². The lowest BCUT2D eigenvalue weighted by molar-refractivity contribution is 0.102. The molecule has 4 aromatic heterocycles. The molecule has 0 saturated carbocycles. The molecule has 0 bridgehead atoms. The van der Waals surface area contributed by atoms with Crippen molar-refractivity contribution in [1.82, 2.24) is 34.5 Å². The van der Waals surface area contributed by atoms with Crippen LogP contribution in [0.2, 0.25) is 0 Å². The Morgan fingerprint density at radius 1 is 1.09 bits per heavy atom. The van der Waals surface area contributed by atoms with Gasteiger partial charge in [-0.1, -0.05) is 18.2 Å². The first-order chi connectivity index (χ1) is 16.5. The second-order valence-electron chi connectivity index (χ2n) is 8.18. The van der Waals surface area contributed by atoms with Crippen LogP contribution >= 0.6 is 0 Å². The Hall–Kier alpha value is -4.40. The van der Waals surface area contributed by atoms with Gasteiger partial charge in [-0.2, -0.15) is 5.10 Å². The third-order valence-corrected chi connectivity index (χ3v) is 5.62. The van der Waals surface area contributed by atoms with Crippen molar-refractivity contribution < 1.29 is 4.79 Å². The van der Waals surface area contributed by atoms with Crippen molar-refractivity contribution in [3.63, 3.8) is 0 Å². The van der Waals surface area contributed by atoms with Crippen molar-refractivity contribution in [2.75, 3.05) is 5.32 Å². The smallest absolute Gasteiger partial charge is 0.275 e. The number of rotatable bonds is 6. The van der Waals surface area contributed by atoms with Crippen LogP contribution in [0.5, 0.6) is 0 Å². The van der Waals surface area contributed by atoms with E-state index in [4.69, 9.17) is 0 Å². The van der Waals surface area contributed by atoms with Gasteiger partial charge in [-0.15, -0.1) is 10.2 Å². The highest BCUT2D eigenvalue weighted by Crippen LogP contribution is 2.25. The number of carbonyl (C=O) groups is 1. The Balaban J connectivity index is 1.42. The van der Waals surface area contributed by atoms with E-state index in [1.165, 1.54) is 0 Å². The molecule has 0 aliphatic carbocycles. The van der Waals surface area contributed by atoms with Gasteiger partial charge in [0.1, 0.15) is 23.5 Å². The number of nitrogens with zero attached hydrogens (tertiary/aromatic N) is 7. The number of carbonyl (C=O) groups excluding carboxylic acids is 1. The number of hydrogen-bond donors (Lipinski definition) is 1. The average molecular weight is 453 g/mol. The molecule has 170 valence electrons. The molecule has 0 unspecified atom stereocenters. The van der Waals surface area contributed by atoms with E-state index in [1.807, 2.05) is 53.4 Å². The van der Waals surface area contributed by atoms with Crippen molar-refractivity contribution in [2.24, 2.45) is 0 Å². The number of fused-ring (bicyclic) bond motifs is 1. The number of pyridine rings is 2. The molecule has 1 N–H and O–H groups in total. The van der Waals surface area contributed by atoms with Crippen LogP contribution in [0, 0.1) is 0 Å². The summed E-state index contributed by atoms with van der Waals surface area (Å²) in [5, 5.41) is 17.3. The summed E-state index contributed by atoms with van der Waals surface area (Å²) in [7, 11) is 0. The summed E-state index contributed by atoms with van der Waals surface area (Å²) in [5.74, 6) is 0.734. The summed E-state index contributed by atoms with van der Waals surface area (Å²) >= 11 is 0. The summed E-state index contributed by atoms with van der Waals surface area (Å²) < 4.78 is 3.87. The molecule has 34 heavy (non-hydrogen) atoms. The maximum atomic E-state index is 13.0. The maximum absolute atomic E-state index is 13.0. The SMILES string of the molecule is CCn1nccc1-c1ccc2cnc(C(=O)Nc3cccc(-c4nncn4C(C)C)n3)cc2c1. The van der Waals surface area contributed by atoms with Gasteiger partial charge in [-0.25, -0.2) is 4.98 Å². The van der Waals surface area contributed by atoms with Crippen LogP contribution in [-0.4, -0.2) is 40.4 Å². The molecule has 4 heterocycles. The second kappa shape index (κ2) is 8.86. The third-order valence-electron chi connectivity index (χ3n) is 5.62. The fraction of sp³-hybridized carbons (Fsp3) is 0.200. The molecular formula is C25H24N8O. The van der Waals surface area contributed by atoms with Crippen LogP contribution < -0.4 is 5.32 Å². The monoisotopic (exact) mass is 452 g/mol. The van der Waals surface area contributed by atoms with Gasteiger partial charge < -0.3 is 9.88 Å². The van der Waals surface area contributed by atoms with Crippen LogP contribution in [0.15, 0.2) is 67.3 Å². The lowest BCUT2D eigenvalue weighted by Gasteiger charge is -2.11. The highest BCUT2D eigenvalue weighted by molar-refractivity contribution is 6.04. The summed E-state index contributed by atoms with van der Waals surface area (Å²) in [4.78, 5) is 21.9. The van der Waals surface area contributed by atoms with Crippen LogP contribution in [0.1, 0.15) is 37.3 Å². The van der Waals surface area contributed by atoms with E-state index in [1.54, 1.807) is 30.9 Å². The maximum Gasteiger partial charge on any atom is 0.275 e. The van der Waals surface area contributed by atoms with E-state index in [2.05, 4.69) is 43.6 Å². The number of amides is 1. The molecular weight excluding hydrogens is 428 g/mol. The average Bonchev–Trinajstić information content (AvgIpc) is 3.53. The van der Waals surface area contributed by atoms with Crippen molar-refractivity contribution >= 4 is 22.5 Å². The van der Waals surface area contributed by atoms with Gasteiger partial charge in [0.15, 0.2) is 5.82 Å². The number of hydrogen-bond acceptors (Lipinski definition) is 6. The molecule has 1 aromatic carbocycles. The zero-order valence-electron chi connectivity index (χ0n) is 19.2. The van der Waals surface area contributed by atoms with E-state index in [9.17, 15) is 4.79 Å². The van der Waals surface area contributed by atoms with E-state index in [0.717, 1.165) is 28.6 Å². The number of nitrogens with one attached hydrogen (secondary N) is 1. The summed E-state index contributed by atoms with van der Waals surface area (Å²) in [6.07, 6.45) is 5.17. The number of benzene rings is 1. The molecule has 5 rings (SSSR count). The number of anilines is 1. The summed E-state index contributed by atoms with van der Waals surface area (Å²) in [6.45, 7) is 6.93. The highest BCUT2D eigenvalue weighted by Gasteiger charge is 2.14. The van der Waals surface area contributed by atoms with Gasteiger partial charge in [0, 0.05) is 35.9 Å². The van der Waals surface area contributed by atoms with E-state index < -0.39 is 0 Å². The first kappa shape index (κ1) is 21.4. The predicted molar refractivity (Wildman–Crippen MR) is 130 cm³/mol. The third kappa shape index (κ3) is 4.03. The van der Waals surface area contributed by atoms with Crippen LogP contribution in [0.3, 0.4) is 0 Å². The van der Waals surface area contributed by atoms with Gasteiger partial charge in [-0.3, -0.25) is 14.5 Å². The van der Waals surface area contributed by atoms with Gasteiger partial charge in [0.2, 0.25) is 0 Å². The minimum atomic E-state index is -0.333. The number of aryl methyl sites for hydroxylation is 1. The largest absolute Gasteiger partial charge is 0.310 e. The molecule has 9 nitrogen and oxygen atoms in total. The Labute approximate surface area is 196 Å². The second-order valence-corrected chi connectivity index (χ2v) is 8.18. The Kier molecular flexibility index (Phi) is 5.59. The molecule has 0 aliphatic heterocycles. The minimum absolute atomic E-state index is 0.188. The zero-order valence-corrected chi connectivity index (χ0v) is 19.2. The lowest BCUT2D eigenvalue weighted by Crippen LogP contribution is -2.15. The Morgan fingerprint density at radius 3 is 2.79 bits per heavy atom. The predicted octanol–water partition coefficient (Wildman–Crippen LogP) is 4.60. The van der Waals surface area contributed by atoms with Gasteiger partial charge in [-0.05, 0) is 56.5 Å². The summed E-state index contributed by atoms with van der Waals surface area (Å²) in [5.41, 5.74) is 3.01. The van der Waals surface area contributed by atoms with E-state index >= 15 is 0 Å². The molecule has 9 heteroatoms. The topological polar surface area (TPSA) is 103 Å². The van der Waals surface area contributed by atoms with Crippen LogP contribution in [0.25, 0.3) is 33.5 Å². The highest BCUT2D eigenvalue weighted by atomic mass is 16.1. The fourth-order valence-electron chi connectivity index (χ4n) is 3.87. The van der Waals surface area contributed by atoms with Gasteiger partial charge in [0.25, 0.3) is 5.91 Å². The molecule has 0 fully saturated rings. The standard InChI is InChI=1S/C25H24N8O/c1-4-33-22(10-11-28-33)17-8-9-18-14-26-21(13-19(18)12-17)25(34)30-23-7-5-6-20(29-23)24-31-27-15-32(24)16(2)3/h5-16H,4H2,1-3H3,(H,29,30,34). The minimum Gasteiger partial charge on any atom is -0.310 e. The van der Waals surface area contributed by atoms with Crippen LogP contribution in [0.4, 0.5) is 5.82 Å². The fourth-order valence-corrected chi connectivity index (χ4v) is 3.87.